The van der Waals surface area contributed by atoms with Gasteiger partial charge in [-0.3, -0.25) is 9.59 Å². The Morgan fingerprint density at radius 3 is 2.93 bits per heavy atom. The second-order valence-corrected chi connectivity index (χ2v) is 6.20. The standard InChI is InChI=1S/C18H23N5O4/c1-3-15(24)23-7-4-12(5-8-23)27-14-11-21-17-16(22-14)13(10-20-17)18(25)19-6-9-26-2/h3,10-12H,1,4-9H2,2H3,(H,19,25)(H,20,21). The molecule has 0 radical (unpaired) electrons. The summed E-state index contributed by atoms with van der Waals surface area (Å²) in [5, 5.41) is 2.76. The van der Waals surface area contributed by atoms with Gasteiger partial charge in [0, 0.05) is 45.8 Å². The summed E-state index contributed by atoms with van der Waals surface area (Å²) in [5.41, 5.74) is 1.39. The topological polar surface area (TPSA) is 109 Å². The van der Waals surface area contributed by atoms with E-state index in [1.807, 2.05) is 0 Å². The number of fused-ring (bicyclic) bond motifs is 1. The normalized spacial score (nSPS) is 14.9. The van der Waals surface area contributed by atoms with E-state index in [0.29, 0.717) is 61.7 Å². The van der Waals surface area contributed by atoms with Gasteiger partial charge in [0.2, 0.25) is 11.8 Å². The van der Waals surface area contributed by atoms with Crippen LogP contribution >= 0.6 is 0 Å². The van der Waals surface area contributed by atoms with E-state index < -0.39 is 0 Å². The van der Waals surface area contributed by atoms with Crippen LogP contribution in [0.3, 0.4) is 0 Å². The van der Waals surface area contributed by atoms with E-state index in [2.05, 4.69) is 26.8 Å². The highest BCUT2D eigenvalue weighted by atomic mass is 16.5. The van der Waals surface area contributed by atoms with E-state index in [-0.39, 0.29) is 17.9 Å². The molecule has 2 amide bonds. The first-order chi connectivity index (χ1) is 13.1. The van der Waals surface area contributed by atoms with Crippen LogP contribution in [0.15, 0.2) is 25.0 Å². The van der Waals surface area contributed by atoms with Gasteiger partial charge in [0.25, 0.3) is 5.91 Å². The van der Waals surface area contributed by atoms with Gasteiger partial charge in [0.05, 0.1) is 18.4 Å². The van der Waals surface area contributed by atoms with Gasteiger partial charge in [-0.2, -0.15) is 0 Å². The van der Waals surface area contributed by atoms with E-state index >= 15 is 0 Å². The summed E-state index contributed by atoms with van der Waals surface area (Å²) in [4.78, 5) is 37.3. The average molecular weight is 373 g/mol. The number of likely N-dealkylation sites (tertiary alicyclic amines) is 1. The minimum atomic E-state index is -0.249. The molecular formula is C18H23N5O4. The first kappa shape index (κ1) is 18.8. The Hall–Kier alpha value is -2.94. The summed E-state index contributed by atoms with van der Waals surface area (Å²) in [6.07, 6.45) is 5.80. The fourth-order valence-corrected chi connectivity index (χ4v) is 2.96. The Bertz CT molecular complexity index is 826. The van der Waals surface area contributed by atoms with Crippen LogP contribution in [0.1, 0.15) is 23.2 Å². The van der Waals surface area contributed by atoms with Gasteiger partial charge in [-0.1, -0.05) is 6.58 Å². The predicted molar refractivity (Wildman–Crippen MR) is 98.5 cm³/mol. The van der Waals surface area contributed by atoms with Crippen molar-refractivity contribution in [2.75, 3.05) is 33.4 Å². The molecule has 2 aromatic rings. The van der Waals surface area contributed by atoms with Gasteiger partial charge in [-0.15, -0.1) is 0 Å². The Morgan fingerprint density at radius 2 is 2.22 bits per heavy atom. The van der Waals surface area contributed by atoms with Crippen LogP contribution in [0, 0.1) is 0 Å². The van der Waals surface area contributed by atoms with Crippen LogP contribution in [-0.2, 0) is 9.53 Å². The van der Waals surface area contributed by atoms with Gasteiger partial charge in [-0.05, 0) is 6.08 Å². The molecule has 0 aromatic carbocycles. The third kappa shape index (κ3) is 4.43. The zero-order chi connectivity index (χ0) is 19.2. The zero-order valence-corrected chi connectivity index (χ0v) is 15.2. The molecule has 3 heterocycles. The monoisotopic (exact) mass is 373 g/mol. The number of hydrogen-bond donors (Lipinski definition) is 2. The van der Waals surface area contributed by atoms with E-state index in [1.165, 1.54) is 12.3 Å². The number of carbonyl (C=O) groups excluding carboxylic acids is 2. The molecule has 1 saturated heterocycles. The lowest BCUT2D eigenvalue weighted by Gasteiger charge is -2.31. The van der Waals surface area contributed by atoms with Crippen molar-refractivity contribution in [1.82, 2.24) is 25.2 Å². The lowest BCUT2D eigenvalue weighted by molar-refractivity contribution is -0.127. The first-order valence-corrected chi connectivity index (χ1v) is 8.81. The quantitative estimate of drug-likeness (QED) is 0.551. The van der Waals surface area contributed by atoms with Crippen molar-refractivity contribution in [3.8, 4) is 5.88 Å². The second-order valence-electron chi connectivity index (χ2n) is 6.20. The van der Waals surface area contributed by atoms with Gasteiger partial charge in [0.1, 0.15) is 11.6 Å². The Balaban J connectivity index is 1.66. The van der Waals surface area contributed by atoms with Gasteiger partial charge >= 0.3 is 0 Å². The number of H-pyrrole nitrogens is 1. The van der Waals surface area contributed by atoms with Crippen molar-refractivity contribution in [3.63, 3.8) is 0 Å². The van der Waals surface area contributed by atoms with Crippen molar-refractivity contribution in [2.45, 2.75) is 18.9 Å². The van der Waals surface area contributed by atoms with Gasteiger partial charge < -0.3 is 24.7 Å². The average Bonchev–Trinajstić information content (AvgIpc) is 3.11. The highest BCUT2D eigenvalue weighted by Crippen LogP contribution is 2.21. The van der Waals surface area contributed by atoms with Crippen LogP contribution < -0.4 is 10.1 Å². The predicted octanol–water partition coefficient (Wildman–Crippen LogP) is 0.890. The number of amides is 2. The molecule has 1 aliphatic heterocycles. The smallest absolute Gasteiger partial charge is 0.255 e. The number of hydrogen-bond acceptors (Lipinski definition) is 6. The lowest BCUT2D eigenvalue weighted by Crippen LogP contribution is -2.41. The number of rotatable bonds is 7. The summed E-state index contributed by atoms with van der Waals surface area (Å²) >= 11 is 0. The molecule has 9 nitrogen and oxygen atoms in total. The van der Waals surface area contributed by atoms with Crippen LogP contribution in [0.4, 0.5) is 0 Å². The molecule has 3 rings (SSSR count). The number of methoxy groups -OCH3 is 1. The number of ether oxygens (including phenoxy) is 2. The van der Waals surface area contributed by atoms with Gasteiger partial charge in [0.15, 0.2) is 5.65 Å². The summed E-state index contributed by atoms with van der Waals surface area (Å²) in [6.45, 7) is 5.58. The molecule has 0 spiro atoms. The third-order valence-electron chi connectivity index (χ3n) is 4.41. The number of aromatic amines is 1. The lowest BCUT2D eigenvalue weighted by atomic mass is 10.1. The molecule has 0 bridgehead atoms. The van der Waals surface area contributed by atoms with Crippen molar-refractivity contribution in [2.24, 2.45) is 0 Å². The molecule has 0 atom stereocenters. The summed E-state index contributed by atoms with van der Waals surface area (Å²) < 4.78 is 10.9. The summed E-state index contributed by atoms with van der Waals surface area (Å²) in [7, 11) is 1.57. The maximum absolute atomic E-state index is 12.3. The minimum absolute atomic E-state index is 0.0523. The maximum Gasteiger partial charge on any atom is 0.255 e. The van der Waals surface area contributed by atoms with Gasteiger partial charge in [-0.25, -0.2) is 9.97 Å². The number of piperidine rings is 1. The Morgan fingerprint density at radius 1 is 1.44 bits per heavy atom. The molecule has 2 aromatic heterocycles. The first-order valence-electron chi connectivity index (χ1n) is 8.81. The van der Waals surface area contributed by atoms with Crippen molar-refractivity contribution >= 4 is 23.0 Å². The van der Waals surface area contributed by atoms with Crippen LogP contribution in [0.25, 0.3) is 11.2 Å². The van der Waals surface area contributed by atoms with E-state index in [9.17, 15) is 9.59 Å². The summed E-state index contributed by atoms with van der Waals surface area (Å²) in [5.74, 6) is 0.0497. The molecule has 2 N–H and O–H groups in total. The SMILES string of the molecule is C=CC(=O)N1CCC(Oc2cnc3[nH]cc(C(=O)NCCOC)c3n2)CC1. The fourth-order valence-electron chi connectivity index (χ4n) is 2.96. The minimum Gasteiger partial charge on any atom is -0.473 e. The molecule has 0 unspecified atom stereocenters. The highest BCUT2D eigenvalue weighted by molar-refractivity contribution is 6.04. The van der Waals surface area contributed by atoms with E-state index in [4.69, 9.17) is 9.47 Å². The van der Waals surface area contributed by atoms with Crippen molar-refractivity contribution < 1.29 is 19.1 Å². The van der Waals surface area contributed by atoms with E-state index in [1.54, 1.807) is 18.2 Å². The number of aromatic nitrogens is 3. The highest BCUT2D eigenvalue weighted by Gasteiger charge is 2.23. The molecule has 27 heavy (non-hydrogen) atoms. The molecule has 1 aliphatic rings. The number of nitrogens with zero attached hydrogens (tertiary/aromatic N) is 3. The molecule has 9 heteroatoms. The van der Waals surface area contributed by atoms with E-state index in [0.717, 1.165) is 0 Å². The second kappa shape index (κ2) is 8.63. The number of nitrogens with one attached hydrogen (secondary N) is 2. The van der Waals surface area contributed by atoms with Crippen molar-refractivity contribution in [3.05, 3.63) is 30.6 Å². The molecule has 1 fully saturated rings. The van der Waals surface area contributed by atoms with Crippen LogP contribution in [0.2, 0.25) is 0 Å². The Kier molecular flexibility index (Phi) is 6.02. The summed E-state index contributed by atoms with van der Waals surface area (Å²) in [6, 6.07) is 0. The Labute approximate surface area is 156 Å². The third-order valence-corrected chi connectivity index (χ3v) is 4.41. The van der Waals surface area contributed by atoms with Crippen molar-refractivity contribution in [1.29, 1.82) is 0 Å². The fraction of sp³-hybridized carbons (Fsp3) is 0.444. The molecule has 144 valence electrons. The molecule has 0 saturated carbocycles. The molecular weight excluding hydrogens is 350 g/mol. The van der Waals surface area contributed by atoms with Crippen LogP contribution in [-0.4, -0.2) is 71.1 Å². The molecule has 0 aliphatic carbocycles. The maximum atomic E-state index is 12.3. The van der Waals surface area contributed by atoms with Crippen LogP contribution in [0.5, 0.6) is 5.88 Å². The zero-order valence-electron chi connectivity index (χ0n) is 15.2. The largest absolute Gasteiger partial charge is 0.473 e. The number of carbonyl (C=O) groups is 2.